The second-order valence-corrected chi connectivity index (χ2v) is 5.35. The van der Waals surface area contributed by atoms with Crippen LogP contribution in [0.15, 0.2) is 36.7 Å². The lowest BCUT2D eigenvalue weighted by atomic mass is 10.2. The largest absolute Gasteiger partial charge is 0.490 e. The van der Waals surface area contributed by atoms with Crippen molar-refractivity contribution in [2.75, 3.05) is 13.2 Å². The van der Waals surface area contributed by atoms with Crippen molar-refractivity contribution in [2.45, 2.75) is 25.4 Å². The molecule has 1 N–H and O–H groups in total. The summed E-state index contributed by atoms with van der Waals surface area (Å²) in [5.41, 5.74) is 1.26. The third-order valence-electron chi connectivity index (χ3n) is 3.37. The van der Waals surface area contributed by atoms with E-state index in [1.54, 1.807) is 10.9 Å². The maximum atomic E-state index is 5.72. The van der Waals surface area contributed by atoms with Crippen molar-refractivity contribution >= 4 is 0 Å². The molecule has 0 saturated heterocycles. The van der Waals surface area contributed by atoms with Crippen LogP contribution in [0.3, 0.4) is 0 Å². The highest BCUT2D eigenvalue weighted by atomic mass is 16.5. The Bertz CT molecular complexity index is 578. The van der Waals surface area contributed by atoms with Gasteiger partial charge in [-0.1, -0.05) is 12.1 Å². The van der Waals surface area contributed by atoms with Crippen LogP contribution in [-0.4, -0.2) is 29.0 Å². The Balaban J connectivity index is 1.40. The Kier molecular flexibility index (Phi) is 4.40. The first-order chi connectivity index (χ1) is 10.3. The molecule has 0 unspecified atom stereocenters. The van der Waals surface area contributed by atoms with Gasteiger partial charge in [-0.05, 0) is 30.5 Å². The van der Waals surface area contributed by atoms with Crippen LogP contribution in [0, 0.1) is 0 Å². The van der Waals surface area contributed by atoms with E-state index in [1.165, 1.54) is 18.4 Å². The molecule has 1 aromatic heterocycles. The van der Waals surface area contributed by atoms with Gasteiger partial charge in [0, 0.05) is 19.6 Å². The minimum absolute atomic E-state index is 0.510. The van der Waals surface area contributed by atoms with Crippen LogP contribution in [0.5, 0.6) is 11.5 Å². The van der Waals surface area contributed by atoms with E-state index in [4.69, 9.17) is 9.47 Å². The predicted molar refractivity (Wildman–Crippen MR) is 80.5 cm³/mol. The van der Waals surface area contributed by atoms with Gasteiger partial charge in [0.1, 0.15) is 19.0 Å². The molecule has 1 aliphatic rings. The van der Waals surface area contributed by atoms with E-state index in [0.29, 0.717) is 13.2 Å². The SMILES string of the molecule is Cn1cc(OCCOc2cccc(CNC3CC3)c2)cn1. The summed E-state index contributed by atoms with van der Waals surface area (Å²) in [7, 11) is 1.87. The number of nitrogens with zero attached hydrogens (tertiary/aromatic N) is 2. The van der Waals surface area contributed by atoms with E-state index < -0.39 is 0 Å². The van der Waals surface area contributed by atoms with Crippen molar-refractivity contribution in [3.8, 4) is 11.5 Å². The van der Waals surface area contributed by atoms with Gasteiger partial charge in [0.25, 0.3) is 0 Å². The zero-order valence-corrected chi connectivity index (χ0v) is 12.3. The average molecular weight is 287 g/mol. The van der Waals surface area contributed by atoms with Crippen LogP contribution in [0.25, 0.3) is 0 Å². The zero-order valence-electron chi connectivity index (χ0n) is 12.3. The number of hydrogen-bond donors (Lipinski definition) is 1. The van der Waals surface area contributed by atoms with E-state index in [0.717, 1.165) is 24.1 Å². The van der Waals surface area contributed by atoms with Crippen LogP contribution in [0.1, 0.15) is 18.4 Å². The fourth-order valence-corrected chi connectivity index (χ4v) is 2.09. The molecule has 112 valence electrons. The number of hydrogen-bond acceptors (Lipinski definition) is 4. The molecule has 5 nitrogen and oxygen atoms in total. The highest BCUT2D eigenvalue weighted by Gasteiger charge is 2.19. The van der Waals surface area contributed by atoms with Crippen molar-refractivity contribution < 1.29 is 9.47 Å². The summed E-state index contributed by atoms with van der Waals surface area (Å²) in [6, 6.07) is 8.93. The molecule has 0 radical (unpaired) electrons. The molecule has 21 heavy (non-hydrogen) atoms. The summed E-state index contributed by atoms with van der Waals surface area (Å²) < 4.78 is 13.0. The van der Waals surface area contributed by atoms with E-state index in [-0.39, 0.29) is 0 Å². The van der Waals surface area contributed by atoms with Gasteiger partial charge < -0.3 is 14.8 Å². The smallest absolute Gasteiger partial charge is 0.157 e. The molecule has 3 rings (SSSR count). The Labute approximate surface area is 124 Å². The summed E-state index contributed by atoms with van der Waals surface area (Å²) in [6.45, 7) is 1.94. The molecule has 0 aliphatic heterocycles. The number of aryl methyl sites for hydroxylation is 1. The number of nitrogens with one attached hydrogen (secondary N) is 1. The van der Waals surface area contributed by atoms with Crippen LogP contribution < -0.4 is 14.8 Å². The Hall–Kier alpha value is -2.01. The zero-order chi connectivity index (χ0) is 14.5. The van der Waals surface area contributed by atoms with Gasteiger partial charge in [-0.15, -0.1) is 0 Å². The van der Waals surface area contributed by atoms with E-state index >= 15 is 0 Å². The first-order valence-electron chi connectivity index (χ1n) is 7.36. The Morgan fingerprint density at radius 2 is 2.05 bits per heavy atom. The summed E-state index contributed by atoms with van der Waals surface area (Å²) in [4.78, 5) is 0. The maximum absolute atomic E-state index is 5.72. The highest BCUT2D eigenvalue weighted by molar-refractivity contribution is 5.28. The number of aromatic nitrogens is 2. The molecule has 0 bridgehead atoms. The first-order valence-corrected chi connectivity index (χ1v) is 7.36. The molecule has 1 aromatic carbocycles. The van der Waals surface area contributed by atoms with Crippen LogP contribution in [0.4, 0.5) is 0 Å². The van der Waals surface area contributed by atoms with E-state index in [1.807, 2.05) is 25.4 Å². The summed E-state index contributed by atoms with van der Waals surface area (Å²) >= 11 is 0. The second kappa shape index (κ2) is 6.63. The molecule has 1 heterocycles. The van der Waals surface area contributed by atoms with Crippen LogP contribution in [0.2, 0.25) is 0 Å². The topological polar surface area (TPSA) is 48.3 Å². The van der Waals surface area contributed by atoms with Crippen molar-refractivity contribution in [1.29, 1.82) is 0 Å². The third-order valence-corrected chi connectivity index (χ3v) is 3.37. The van der Waals surface area contributed by atoms with Gasteiger partial charge in [0.2, 0.25) is 0 Å². The van der Waals surface area contributed by atoms with E-state index in [9.17, 15) is 0 Å². The minimum Gasteiger partial charge on any atom is -0.490 e. The molecule has 5 heteroatoms. The summed E-state index contributed by atoms with van der Waals surface area (Å²) in [5, 5.41) is 7.55. The third kappa shape index (κ3) is 4.49. The lowest BCUT2D eigenvalue weighted by Crippen LogP contribution is -2.15. The monoisotopic (exact) mass is 287 g/mol. The number of benzene rings is 1. The fourth-order valence-electron chi connectivity index (χ4n) is 2.09. The number of ether oxygens (including phenoxy) is 2. The maximum Gasteiger partial charge on any atom is 0.157 e. The normalized spacial score (nSPS) is 14.1. The Morgan fingerprint density at radius 1 is 1.24 bits per heavy atom. The summed E-state index contributed by atoms with van der Waals surface area (Å²) in [5.74, 6) is 1.66. The van der Waals surface area contributed by atoms with Gasteiger partial charge in [0.05, 0.1) is 12.4 Å². The van der Waals surface area contributed by atoms with Gasteiger partial charge in [-0.2, -0.15) is 5.10 Å². The summed E-state index contributed by atoms with van der Waals surface area (Å²) in [6.07, 6.45) is 6.15. The molecule has 0 spiro atoms. The van der Waals surface area contributed by atoms with Crippen LogP contribution >= 0.6 is 0 Å². The van der Waals surface area contributed by atoms with Crippen molar-refractivity contribution in [3.63, 3.8) is 0 Å². The lowest BCUT2D eigenvalue weighted by Gasteiger charge is -2.09. The molecule has 0 atom stereocenters. The first kappa shape index (κ1) is 13.9. The molecule has 1 aliphatic carbocycles. The second-order valence-electron chi connectivity index (χ2n) is 5.35. The molecule has 1 fully saturated rings. The molecule has 0 amide bonds. The van der Waals surface area contributed by atoms with Gasteiger partial charge >= 0.3 is 0 Å². The minimum atomic E-state index is 0.510. The quantitative estimate of drug-likeness (QED) is 0.756. The van der Waals surface area contributed by atoms with Crippen LogP contribution in [-0.2, 0) is 13.6 Å². The van der Waals surface area contributed by atoms with Crippen molar-refractivity contribution in [1.82, 2.24) is 15.1 Å². The standard InChI is InChI=1S/C16H21N3O2/c1-19-12-16(11-18-19)21-8-7-20-15-4-2-3-13(9-15)10-17-14-5-6-14/h2-4,9,11-12,14,17H,5-8,10H2,1H3. The molecule has 2 aromatic rings. The molecular weight excluding hydrogens is 266 g/mol. The predicted octanol–water partition coefficient (Wildman–Crippen LogP) is 2.13. The fraction of sp³-hybridized carbons (Fsp3) is 0.438. The van der Waals surface area contributed by atoms with Crippen molar-refractivity contribution in [2.24, 2.45) is 7.05 Å². The lowest BCUT2D eigenvalue weighted by molar-refractivity contribution is 0.217. The average Bonchev–Trinajstić information content (AvgIpc) is 3.24. The van der Waals surface area contributed by atoms with Crippen molar-refractivity contribution in [3.05, 3.63) is 42.2 Å². The number of rotatable bonds is 8. The van der Waals surface area contributed by atoms with Gasteiger partial charge in [-0.3, -0.25) is 4.68 Å². The Morgan fingerprint density at radius 3 is 2.76 bits per heavy atom. The molecular formula is C16H21N3O2. The highest BCUT2D eigenvalue weighted by Crippen LogP contribution is 2.20. The van der Waals surface area contributed by atoms with Gasteiger partial charge in [0.15, 0.2) is 5.75 Å². The molecule has 1 saturated carbocycles. The van der Waals surface area contributed by atoms with Gasteiger partial charge in [-0.25, -0.2) is 0 Å². The van der Waals surface area contributed by atoms with E-state index in [2.05, 4.69) is 22.5 Å².